The van der Waals surface area contributed by atoms with E-state index in [4.69, 9.17) is 0 Å². The summed E-state index contributed by atoms with van der Waals surface area (Å²) in [6.07, 6.45) is 1.69. The fraction of sp³-hybridized carbons (Fsp3) is 0.0833. The molecule has 2 aromatic rings. The standard InChI is InChI=1S/C12H11NOS/c1-9-8-15-12(13-9)7-11(14)10-5-3-2-4-6-10/h2-8,14H,1H3/b11-7-. The zero-order valence-electron chi connectivity index (χ0n) is 8.34. The Morgan fingerprint density at radius 2 is 2.07 bits per heavy atom. The maximum absolute atomic E-state index is 9.81. The van der Waals surface area contributed by atoms with Crippen LogP contribution in [0.2, 0.25) is 0 Å². The molecule has 0 aliphatic rings. The highest BCUT2D eigenvalue weighted by Crippen LogP contribution is 2.17. The van der Waals surface area contributed by atoms with Crippen molar-refractivity contribution >= 4 is 23.2 Å². The van der Waals surface area contributed by atoms with E-state index in [0.29, 0.717) is 0 Å². The molecule has 0 atom stereocenters. The molecule has 0 aliphatic carbocycles. The molecule has 1 aromatic carbocycles. The highest BCUT2D eigenvalue weighted by Gasteiger charge is 2.00. The smallest absolute Gasteiger partial charge is 0.125 e. The van der Waals surface area contributed by atoms with Crippen LogP contribution in [0.25, 0.3) is 11.8 Å². The molecule has 2 nitrogen and oxygen atoms in total. The monoisotopic (exact) mass is 217 g/mol. The van der Waals surface area contributed by atoms with E-state index >= 15 is 0 Å². The van der Waals surface area contributed by atoms with Gasteiger partial charge in [0.05, 0.1) is 0 Å². The number of nitrogens with zero attached hydrogens (tertiary/aromatic N) is 1. The van der Waals surface area contributed by atoms with E-state index in [1.165, 1.54) is 11.3 Å². The molecule has 1 aromatic heterocycles. The molecule has 2 rings (SSSR count). The first kappa shape index (κ1) is 9.93. The summed E-state index contributed by atoms with van der Waals surface area (Å²) in [5, 5.41) is 12.6. The van der Waals surface area contributed by atoms with E-state index in [9.17, 15) is 5.11 Å². The molecule has 76 valence electrons. The van der Waals surface area contributed by atoms with E-state index in [1.807, 2.05) is 42.6 Å². The lowest BCUT2D eigenvalue weighted by Crippen LogP contribution is -1.81. The molecule has 1 heterocycles. The van der Waals surface area contributed by atoms with E-state index in [2.05, 4.69) is 4.98 Å². The second-order valence-electron chi connectivity index (χ2n) is 3.22. The zero-order valence-corrected chi connectivity index (χ0v) is 9.16. The lowest BCUT2D eigenvalue weighted by atomic mass is 10.2. The van der Waals surface area contributed by atoms with E-state index in [-0.39, 0.29) is 5.76 Å². The molecule has 0 saturated carbocycles. The lowest BCUT2D eigenvalue weighted by Gasteiger charge is -1.97. The predicted molar refractivity (Wildman–Crippen MR) is 63.8 cm³/mol. The maximum Gasteiger partial charge on any atom is 0.125 e. The molecular weight excluding hydrogens is 206 g/mol. The van der Waals surface area contributed by atoms with Crippen LogP contribution < -0.4 is 0 Å². The number of aromatic nitrogens is 1. The van der Waals surface area contributed by atoms with Gasteiger partial charge >= 0.3 is 0 Å². The summed E-state index contributed by atoms with van der Waals surface area (Å²) < 4.78 is 0. The van der Waals surface area contributed by atoms with Gasteiger partial charge in [-0.05, 0) is 6.92 Å². The quantitative estimate of drug-likeness (QED) is 0.781. The average Bonchev–Trinajstić information content (AvgIpc) is 2.65. The molecule has 0 amide bonds. The molecule has 0 radical (unpaired) electrons. The number of rotatable bonds is 2. The number of hydrogen-bond acceptors (Lipinski definition) is 3. The molecular formula is C12H11NOS. The van der Waals surface area contributed by atoms with E-state index < -0.39 is 0 Å². The Bertz CT molecular complexity index is 473. The van der Waals surface area contributed by atoms with Crippen LogP contribution in [0.5, 0.6) is 0 Å². The summed E-state index contributed by atoms with van der Waals surface area (Å²) in [5.74, 6) is 0.255. The molecule has 15 heavy (non-hydrogen) atoms. The maximum atomic E-state index is 9.81. The molecule has 0 unspecified atom stereocenters. The summed E-state index contributed by atoms with van der Waals surface area (Å²) >= 11 is 1.53. The Balaban J connectivity index is 2.28. The van der Waals surface area contributed by atoms with Crippen LogP contribution >= 0.6 is 11.3 Å². The van der Waals surface area contributed by atoms with Gasteiger partial charge in [-0.25, -0.2) is 4.98 Å². The first-order chi connectivity index (χ1) is 7.25. The number of aliphatic hydroxyl groups is 1. The van der Waals surface area contributed by atoms with Crippen LogP contribution in [0.4, 0.5) is 0 Å². The molecule has 0 saturated heterocycles. The molecule has 0 spiro atoms. The molecule has 1 N–H and O–H groups in total. The lowest BCUT2D eigenvalue weighted by molar-refractivity contribution is 0.515. The van der Waals surface area contributed by atoms with Gasteiger partial charge in [-0.2, -0.15) is 0 Å². The highest BCUT2D eigenvalue weighted by atomic mass is 32.1. The van der Waals surface area contributed by atoms with Crippen molar-refractivity contribution in [2.75, 3.05) is 0 Å². The number of hydrogen-bond donors (Lipinski definition) is 1. The van der Waals surface area contributed by atoms with E-state index in [0.717, 1.165) is 16.3 Å². The molecule has 0 fully saturated rings. The second-order valence-corrected chi connectivity index (χ2v) is 4.11. The normalized spacial score (nSPS) is 11.7. The van der Waals surface area contributed by atoms with Crippen LogP contribution in [0.15, 0.2) is 35.7 Å². The van der Waals surface area contributed by atoms with Crippen molar-refractivity contribution in [1.82, 2.24) is 4.98 Å². The van der Waals surface area contributed by atoms with Gasteiger partial charge in [0, 0.05) is 22.7 Å². The van der Waals surface area contributed by atoms with Crippen molar-refractivity contribution in [3.63, 3.8) is 0 Å². The summed E-state index contributed by atoms with van der Waals surface area (Å²) in [4.78, 5) is 4.26. The fourth-order valence-corrected chi connectivity index (χ4v) is 1.97. The number of aliphatic hydroxyl groups excluding tert-OH is 1. The Morgan fingerprint density at radius 1 is 1.33 bits per heavy atom. The average molecular weight is 217 g/mol. The Kier molecular flexibility index (Phi) is 2.83. The zero-order chi connectivity index (χ0) is 10.7. The SMILES string of the molecule is Cc1csc(/C=C(\O)c2ccccc2)n1. The molecule has 0 bridgehead atoms. The van der Waals surface area contributed by atoms with Crippen LogP contribution in [0, 0.1) is 6.92 Å². The minimum absolute atomic E-state index is 0.255. The van der Waals surface area contributed by atoms with Crippen molar-refractivity contribution in [1.29, 1.82) is 0 Å². The summed E-state index contributed by atoms with van der Waals surface area (Å²) in [6, 6.07) is 9.45. The van der Waals surface area contributed by atoms with Gasteiger partial charge in [-0.15, -0.1) is 11.3 Å². The topological polar surface area (TPSA) is 33.1 Å². The van der Waals surface area contributed by atoms with E-state index in [1.54, 1.807) is 6.08 Å². The highest BCUT2D eigenvalue weighted by molar-refractivity contribution is 7.10. The van der Waals surface area contributed by atoms with Crippen molar-refractivity contribution in [3.8, 4) is 0 Å². The molecule has 3 heteroatoms. The van der Waals surface area contributed by atoms with Crippen molar-refractivity contribution in [3.05, 3.63) is 52.0 Å². The number of aryl methyl sites for hydroxylation is 1. The van der Waals surface area contributed by atoms with Gasteiger partial charge in [-0.3, -0.25) is 0 Å². The van der Waals surface area contributed by atoms with Crippen LogP contribution in [-0.4, -0.2) is 10.1 Å². The van der Waals surface area contributed by atoms with Crippen molar-refractivity contribution < 1.29 is 5.11 Å². The van der Waals surface area contributed by atoms with Gasteiger partial charge in [0.2, 0.25) is 0 Å². The summed E-state index contributed by atoms with van der Waals surface area (Å²) in [7, 11) is 0. The first-order valence-electron chi connectivity index (χ1n) is 4.64. The third-order valence-corrected chi connectivity index (χ3v) is 2.88. The third-order valence-electron chi connectivity index (χ3n) is 1.97. The Morgan fingerprint density at radius 3 is 2.67 bits per heavy atom. The number of benzene rings is 1. The predicted octanol–water partition coefficient (Wildman–Crippen LogP) is 3.51. The van der Waals surface area contributed by atoms with Crippen molar-refractivity contribution in [2.24, 2.45) is 0 Å². The van der Waals surface area contributed by atoms with Gasteiger partial charge in [0.15, 0.2) is 0 Å². The van der Waals surface area contributed by atoms with Gasteiger partial charge < -0.3 is 5.11 Å². The van der Waals surface area contributed by atoms with Crippen LogP contribution in [-0.2, 0) is 0 Å². The summed E-state index contributed by atoms with van der Waals surface area (Å²) in [6.45, 7) is 1.94. The minimum Gasteiger partial charge on any atom is -0.507 e. The summed E-state index contributed by atoms with van der Waals surface area (Å²) in [5.41, 5.74) is 1.79. The third kappa shape index (κ3) is 2.44. The fourth-order valence-electron chi connectivity index (χ4n) is 1.25. The number of thiazole rings is 1. The van der Waals surface area contributed by atoms with Crippen LogP contribution in [0.1, 0.15) is 16.3 Å². The van der Waals surface area contributed by atoms with Crippen molar-refractivity contribution in [2.45, 2.75) is 6.92 Å². The largest absolute Gasteiger partial charge is 0.507 e. The van der Waals surface area contributed by atoms with Gasteiger partial charge in [0.25, 0.3) is 0 Å². The Labute approximate surface area is 92.5 Å². The van der Waals surface area contributed by atoms with Gasteiger partial charge in [0.1, 0.15) is 10.8 Å². The Hall–Kier alpha value is -1.61. The first-order valence-corrected chi connectivity index (χ1v) is 5.52. The minimum atomic E-state index is 0.255. The van der Waals surface area contributed by atoms with Gasteiger partial charge in [-0.1, -0.05) is 30.3 Å². The second kappa shape index (κ2) is 4.28. The molecule has 0 aliphatic heterocycles. The van der Waals surface area contributed by atoms with Crippen LogP contribution in [0.3, 0.4) is 0 Å².